The zero-order valence-corrected chi connectivity index (χ0v) is 11.4. The number of hydrogen-bond donors (Lipinski definition) is 2. The molecule has 2 atom stereocenters. The van der Waals surface area contributed by atoms with Crippen LogP contribution in [0.3, 0.4) is 0 Å². The lowest BCUT2D eigenvalue weighted by Gasteiger charge is -2.37. The van der Waals surface area contributed by atoms with Crippen LogP contribution in [0.2, 0.25) is 0 Å². The van der Waals surface area contributed by atoms with Gasteiger partial charge in [0.2, 0.25) is 5.91 Å². The Morgan fingerprint density at radius 1 is 1.47 bits per heavy atom. The van der Waals surface area contributed by atoms with Gasteiger partial charge in [0, 0.05) is 12.6 Å². The van der Waals surface area contributed by atoms with E-state index >= 15 is 0 Å². The summed E-state index contributed by atoms with van der Waals surface area (Å²) in [7, 11) is 0. The van der Waals surface area contributed by atoms with Crippen molar-refractivity contribution in [3.8, 4) is 0 Å². The van der Waals surface area contributed by atoms with Crippen molar-refractivity contribution in [3.63, 3.8) is 0 Å². The molecule has 100 valence electrons. The molecule has 1 heterocycles. The molecule has 1 fully saturated rings. The summed E-state index contributed by atoms with van der Waals surface area (Å²) in [6.45, 7) is 9.54. The molecule has 0 spiro atoms. The first-order valence-electron chi connectivity index (χ1n) is 6.78. The maximum atomic E-state index is 11.7. The maximum absolute atomic E-state index is 11.7. The average Bonchev–Trinajstić information content (AvgIpc) is 2.27. The lowest BCUT2D eigenvalue weighted by molar-refractivity contribution is -0.123. The van der Waals surface area contributed by atoms with E-state index in [1.165, 1.54) is 0 Å². The summed E-state index contributed by atoms with van der Waals surface area (Å²) in [4.78, 5) is 14.0. The van der Waals surface area contributed by atoms with Crippen molar-refractivity contribution in [1.82, 2.24) is 10.2 Å². The van der Waals surface area contributed by atoms with Crippen molar-refractivity contribution in [2.24, 2.45) is 17.6 Å². The Hall–Kier alpha value is -0.610. The Balaban J connectivity index is 2.39. The molecule has 4 nitrogen and oxygen atoms in total. The zero-order chi connectivity index (χ0) is 12.8. The molecular weight excluding hydrogens is 214 g/mol. The number of nitrogens with two attached hydrogens (primary N) is 1. The van der Waals surface area contributed by atoms with Crippen molar-refractivity contribution < 1.29 is 4.79 Å². The van der Waals surface area contributed by atoms with E-state index in [0.717, 1.165) is 32.5 Å². The summed E-state index contributed by atoms with van der Waals surface area (Å²) >= 11 is 0. The van der Waals surface area contributed by atoms with E-state index in [0.29, 0.717) is 18.4 Å². The number of carbonyl (C=O) groups excluding carboxylic acids is 1. The summed E-state index contributed by atoms with van der Waals surface area (Å²) in [6, 6.07) is 0.228. The van der Waals surface area contributed by atoms with Crippen LogP contribution in [-0.2, 0) is 4.79 Å². The third-order valence-electron chi connectivity index (χ3n) is 3.62. The maximum Gasteiger partial charge on any atom is 0.234 e. The van der Waals surface area contributed by atoms with Gasteiger partial charge in [-0.05, 0) is 45.2 Å². The summed E-state index contributed by atoms with van der Waals surface area (Å²) in [5.74, 6) is 1.44. The van der Waals surface area contributed by atoms with E-state index in [1.54, 1.807) is 0 Å². The van der Waals surface area contributed by atoms with Gasteiger partial charge < -0.3 is 11.1 Å². The number of hydrogen-bond acceptors (Lipinski definition) is 3. The number of amides is 1. The fourth-order valence-electron chi connectivity index (χ4n) is 2.64. The molecule has 3 N–H and O–H groups in total. The molecule has 2 unspecified atom stereocenters. The van der Waals surface area contributed by atoms with Crippen LogP contribution in [0.5, 0.6) is 0 Å². The molecule has 4 heteroatoms. The second-order valence-electron chi connectivity index (χ2n) is 5.41. The molecule has 17 heavy (non-hydrogen) atoms. The van der Waals surface area contributed by atoms with Crippen molar-refractivity contribution in [2.75, 3.05) is 26.2 Å². The minimum atomic E-state index is 0.140. The lowest BCUT2D eigenvalue weighted by Crippen LogP contribution is -2.47. The van der Waals surface area contributed by atoms with Crippen LogP contribution in [0.15, 0.2) is 0 Å². The summed E-state index contributed by atoms with van der Waals surface area (Å²) in [5, 5.41) is 2.94. The summed E-state index contributed by atoms with van der Waals surface area (Å²) in [6.07, 6.45) is 2.29. The van der Waals surface area contributed by atoms with Crippen molar-refractivity contribution in [2.45, 2.75) is 39.7 Å². The van der Waals surface area contributed by atoms with Crippen molar-refractivity contribution in [3.05, 3.63) is 0 Å². The van der Waals surface area contributed by atoms with Gasteiger partial charge in [0.05, 0.1) is 6.54 Å². The van der Waals surface area contributed by atoms with E-state index in [-0.39, 0.29) is 11.9 Å². The van der Waals surface area contributed by atoms with Gasteiger partial charge in [-0.3, -0.25) is 9.69 Å². The van der Waals surface area contributed by atoms with Crippen LogP contribution in [0.1, 0.15) is 33.6 Å². The number of carbonyl (C=O) groups is 1. The van der Waals surface area contributed by atoms with Crippen LogP contribution in [-0.4, -0.2) is 43.0 Å². The highest BCUT2D eigenvalue weighted by atomic mass is 16.2. The fraction of sp³-hybridized carbons (Fsp3) is 0.923. The van der Waals surface area contributed by atoms with Crippen molar-refractivity contribution in [1.29, 1.82) is 0 Å². The molecule has 0 aromatic heterocycles. The molecule has 0 saturated carbocycles. The number of nitrogens with one attached hydrogen (secondary N) is 1. The Morgan fingerprint density at radius 2 is 2.18 bits per heavy atom. The molecule has 1 amide bonds. The molecule has 0 radical (unpaired) electrons. The average molecular weight is 241 g/mol. The predicted molar refractivity (Wildman–Crippen MR) is 70.7 cm³/mol. The molecule has 1 aliphatic rings. The van der Waals surface area contributed by atoms with E-state index in [2.05, 4.69) is 17.1 Å². The van der Waals surface area contributed by atoms with Gasteiger partial charge in [-0.15, -0.1) is 0 Å². The second kappa shape index (κ2) is 6.97. The monoisotopic (exact) mass is 241 g/mol. The van der Waals surface area contributed by atoms with Gasteiger partial charge in [0.25, 0.3) is 0 Å². The van der Waals surface area contributed by atoms with Crippen LogP contribution in [0, 0.1) is 11.8 Å². The standard InChI is InChI=1S/C13H27N3O/c1-4-11-8-16(6-5-12(11)7-14)9-13(17)15-10(2)3/h10-12H,4-9,14H2,1-3H3,(H,15,17). The number of piperidine rings is 1. The molecular formula is C13H27N3O. The van der Waals surface area contributed by atoms with Gasteiger partial charge in [-0.25, -0.2) is 0 Å². The first-order chi connectivity index (χ1) is 8.06. The Kier molecular flexibility index (Phi) is 5.92. The van der Waals surface area contributed by atoms with Gasteiger partial charge in [0.1, 0.15) is 0 Å². The van der Waals surface area contributed by atoms with E-state index < -0.39 is 0 Å². The number of likely N-dealkylation sites (tertiary alicyclic amines) is 1. The van der Waals surface area contributed by atoms with Gasteiger partial charge in [-0.2, -0.15) is 0 Å². The van der Waals surface area contributed by atoms with Crippen LogP contribution < -0.4 is 11.1 Å². The Morgan fingerprint density at radius 3 is 2.71 bits per heavy atom. The molecule has 1 saturated heterocycles. The summed E-state index contributed by atoms with van der Waals surface area (Å²) < 4.78 is 0. The lowest BCUT2D eigenvalue weighted by atomic mass is 9.84. The third kappa shape index (κ3) is 4.64. The number of rotatable bonds is 5. The topological polar surface area (TPSA) is 58.4 Å². The third-order valence-corrected chi connectivity index (χ3v) is 3.62. The normalized spacial score (nSPS) is 26.2. The second-order valence-corrected chi connectivity index (χ2v) is 5.41. The molecule has 1 rings (SSSR count). The van der Waals surface area contributed by atoms with E-state index in [4.69, 9.17) is 5.73 Å². The SMILES string of the molecule is CCC1CN(CC(=O)NC(C)C)CCC1CN. The molecule has 0 aromatic rings. The first-order valence-corrected chi connectivity index (χ1v) is 6.78. The Labute approximate surface area is 105 Å². The largest absolute Gasteiger partial charge is 0.353 e. The van der Waals surface area contributed by atoms with Gasteiger partial charge >= 0.3 is 0 Å². The van der Waals surface area contributed by atoms with Crippen molar-refractivity contribution >= 4 is 5.91 Å². The molecule has 0 bridgehead atoms. The molecule has 0 aliphatic carbocycles. The highest BCUT2D eigenvalue weighted by Crippen LogP contribution is 2.24. The van der Waals surface area contributed by atoms with Crippen LogP contribution >= 0.6 is 0 Å². The minimum absolute atomic E-state index is 0.140. The highest BCUT2D eigenvalue weighted by Gasteiger charge is 2.27. The fourth-order valence-corrected chi connectivity index (χ4v) is 2.64. The van der Waals surface area contributed by atoms with Gasteiger partial charge in [0.15, 0.2) is 0 Å². The molecule has 1 aliphatic heterocycles. The van der Waals surface area contributed by atoms with E-state index in [1.807, 2.05) is 13.8 Å². The van der Waals surface area contributed by atoms with Crippen LogP contribution in [0.4, 0.5) is 0 Å². The first kappa shape index (κ1) is 14.5. The summed E-state index contributed by atoms with van der Waals surface area (Å²) in [5.41, 5.74) is 5.78. The smallest absolute Gasteiger partial charge is 0.234 e. The predicted octanol–water partition coefficient (Wildman–Crippen LogP) is 0.818. The minimum Gasteiger partial charge on any atom is -0.353 e. The van der Waals surface area contributed by atoms with Crippen LogP contribution in [0.25, 0.3) is 0 Å². The highest BCUT2D eigenvalue weighted by molar-refractivity contribution is 5.78. The van der Waals surface area contributed by atoms with E-state index in [9.17, 15) is 4.79 Å². The molecule has 0 aromatic carbocycles. The number of nitrogens with zero attached hydrogens (tertiary/aromatic N) is 1. The van der Waals surface area contributed by atoms with Gasteiger partial charge in [-0.1, -0.05) is 13.3 Å². The Bertz CT molecular complexity index is 243. The quantitative estimate of drug-likeness (QED) is 0.749. The zero-order valence-electron chi connectivity index (χ0n) is 11.4.